The Balaban J connectivity index is 1.93. The van der Waals surface area contributed by atoms with Crippen molar-refractivity contribution in [1.29, 1.82) is 5.26 Å². The number of nitriles is 1. The molecular formula is C18H18N2O3. The van der Waals surface area contributed by atoms with E-state index in [4.69, 9.17) is 14.7 Å². The van der Waals surface area contributed by atoms with Gasteiger partial charge in [0.1, 0.15) is 11.5 Å². The van der Waals surface area contributed by atoms with Gasteiger partial charge in [-0.3, -0.25) is 4.79 Å². The van der Waals surface area contributed by atoms with Crippen LogP contribution >= 0.6 is 0 Å². The van der Waals surface area contributed by atoms with Crippen LogP contribution in [0.1, 0.15) is 24.1 Å². The molecule has 1 amide bonds. The van der Waals surface area contributed by atoms with E-state index in [0.29, 0.717) is 11.3 Å². The Labute approximate surface area is 135 Å². The first-order valence-electron chi connectivity index (χ1n) is 7.19. The molecule has 0 heterocycles. The quantitative estimate of drug-likeness (QED) is 0.890. The monoisotopic (exact) mass is 310 g/mol. The molecule has 23 heavy (non-hydrogen) atoms. The number of ether oxygens (including phenoxy) is 2. The third-order valence-electron chi connectivity index (χ3n) is 3.32. The summed E-state index contributed by atoms with van der Waals surface area (Å²) in [5, 5.41) is 11.7. The fraction of sp³-hybridized carbons (Fsp3) is 0.222. The SMILES string of the molecule is COc1ccccc1C(C)NC(=O)COc1cccc(C#N)c1. The normalized spacial score (nSPS) is 11.2. The number of amides is 1. The third-order valence-corrected chi connectivity index (χ3v) is 3.32. The molecule has 0 aliphatic carbocycles. The largest absolute Gasteiger partial charge is 0.496 e. The van der Waals surface area contributed by atoms with E-state index in [1.807, 2.05) is 37.3 Å². The molecule has 2 aromatic rings. The first-order valence-corrected chi connectivity index (χ1v) is 7.19. The number of nitrogens with zero attached hydrogens (tertiary/aromatic N) is 1. The maximum absolute atomic E-state index is 12.0. The Bertz CT molecular complexity index is 722. The molecule has 0 bridgehead atoms. The molecule has 1 N–H and O–H groups in total. The van der Waals surface area contributed by atoms with Crippen molar-refractivity contribution in [3.05, 3.63) is 59.7 Å². The molecule has 2 rings (SSSR count). The predicted molar refractivity (Wildman–Crippen MR) is 86.2 cm³/mol. The average Bonchev–Trinajstić information content (AvgIpc) is 2.60. The number of carbonyl (C=O) groups excluding carboxylic acids is 1. The van der Waals surface area contributed by atoms with E-state index < -0.39 is 0 Å². The Morgan fingerprint density at radius 2 is 2.04 bits per heavy atom. The van der Waals surface area contributed by atoms with Crippen molar-refractivity contribution in [3.63, 3.8) is 0 Å². The molecule has 0 aliphatic heterocycles. The van der Waals surface area contributed by atoms with E-state index in [0.717, 1.165) is 11.3 Å². The smallest absolute Gasteiger partial charge is 0.258 e. The zero-order chi connectivity index (χ0) is 16.7. The van der Waals surface area contributed by atoms with Gasteiger partial charge in [-0.25, -0.2) is 0 Å². The van der Waals surface area contributed by atoms with E-state index >= 15 is 0 Å². The van der Waals surface area contributed by atoms with E-state index in [9.17, 15) is 4.79 Å². The molecule has 5 nitrogen and oxygen atoms in total. The standard InChI is InChI=1S/C18H18N2O3/c1-13(16-8-3-4-9-17(16)22-2)20-18(21)12-23-15-7-5-6-14(10-15)11-19/h3-10,13H,12H2,1-2H3,(H,20,21). The fourth-order valence-corrected chi connectivity index (χ4v) is 2.19. The summed E-state index contributed by atoms with van der Waals surface area (Å²) >= 11 is 0. The van der Waals surface area contributed by atoms with Gasteiger partial charge in [-0.05, 0) is 31.2 Å². The van der Waals surface area contributed by atoms with E-state index in [-0.39, 0.29) is 18.6 Å². The van der Waals surface area contributed by atoms with Crippen molar-refractivity contribution in [2.45, 2.75) is 13.0 Å². The highest BCUT2D eigenvalue weighted by molar-refractivity contribution is 5.78. The summed E-state index contributed by atoms with van der Waals surface area (Å²) in [6.45, 7) is 1.76. The van der Waals surface area contributed by atoms with Crippen LogP contribution in [-0.2, 0) is 4.79 Å². The summed E-state index contributed by atoms with van der Waals surface area (Å²) in [6.07, 6.45) is 0. The second-order valence-corrected chi connectivity index (χ2v) is 4.96. The summed E-state index contributed by atoms with van der Waals surface area (Å²) in [7, 11) is 1.60. The maximum atomic E-state index is 12.0. The first kappa shape index (κ1) is 16.4. The maximum Gasteiger partial charge on any atom is 0.258 e. The van der Waals surface area contributed by atoms with Crippen molar-refractivity contribution in [2.24, 2.45) is 0 Å². The predicted octanol–water partition coefficient (Wildman–Crippen LogP) is 2.82. The first-order chi connectivity index (χ1) is 11.1. The van der Waals surface area contributed by atoms with Gasteiger partial charge in [0.15, 0.2) is 6.61 Å². The molecule has 0 aliphatic rings. The van der Waals surface area contributed by atoms with Gasteiger partial charge in [0.25, 0.3) is 5.91 Å². The second-order valence-electron chi connectivity index (χ2n) is 4.96. The van der Waals surface area contributed by atoms with Crippen molar-refractivity contribution in [2.75, 3.05) is 13.7 Å². The van der Waals surface area contributed by atoms with Crippen LogP contribution in [-0.4, -0.2) is 19.6 Å². The minimum atomic E-state index is -0.245. The molecule has 1 atom stereocenters. The van der Waals surface area contributed by atoms with Crippen LogP contribution in [0.15, 0.2) is 48.5 Å². The van der Waals surface area contributed by atoms with Gasteiger partial charge in [0.05, 0.1) is 24.8 Å². The number of nitrogens with one attached hydrogen (secondary N) is 1. The molecule has 0 saturated carbocycles. The number of para-hydroxylation sites is 1. The van der Waals surface area contributed by atoms with Crippen LogP contribution in [0.4, 0.5) is 0 Å². The van der Waals surface area contributed by atoms with Gasteiger partial charge < -0.3 is 14.8 Å². The average molecular weight is 310 g/mol. The van der Waals surface area contributed by atoms with Gasteiger partial charge in [-0.15, -0.1) is 0 Å². The highest BCUT2D eigenvalue weighted by Crippen LogP contribution is 2.24. The molecule has 0 radical (unpaired) electrons. The number of hydrogen-bond donors (Lipinski definition) is 1. The number of carbonyl (C=O) groups is 1. The highest BCUT2D eigenvalue weighted by Gasteiger charge is 2.13. The van der Waals surface area contributed by atoms with Crippen molar-refractivity contribution in [1.82, 2.24) is 5.32 Å². The lowest BCUT2D eigenvalue weighted by Gasteiger charge is -2.17. The van der Waals surface area contributed by atoms with Crippen LogP contribution in [0, 0.1) is 11.3 Å². The summed E-state index contributed by atoms with van der Waals surface area (Å²) in [4.78, 5) is 12.0. The second kappa shape index (κ2) is 7.85. The van der Waals surface area contributed by atoms with Crippen molar-refractivity contribution >= 4 is 5.91 Å². The summed E-state index contributed by atoms with van der Waals surface area (Å²) < 4.78 is 10.7. The number of benzene rings is 2. The van der Waals surface area contributed by atoms with Gasteiger partial charge in [-0.2, -0.15) is 5.26 Å². The molecule has 118 valence electrons. The molecule has 0 fully saturated rings. The Morgan fingerprint density at radius 3 is 2.78 bits per heavy atom. The topological polar surface area (TPSA) is 71.3 Å². The zero-order valence-electron chi connectivity index (χ0n) is 13.1. The van der Waals surface area contributed by atoms with Crippen LogP contribution < -0.4 is 14.8 Å². The molecular weight excluding hydrogens is 292 g/mol. The van der Waals surface area contributed by atoms with Crippen LogP contribution in [0.25, 0.3) is 0 Å². The van der Waals surface area contributed by atoms with E-state index in [1.165, 1.54) is 0 Å². The Hall–Kier alpha value is -3.00. The van der Waals surface area contributed by atoms with Crippen LogP contribution in [0.5, 0.6) is 11.5 Å². The highest BCUT2D eigenvalue weighted by atomic mass is 16.5. The third kappa shape index (κ3) is 4.48. The Kier molecular flexibility index (Phi) is 5.59. The fourth-order valence-electron chi connectivity index (χ4n) is 2.19. The summed E-state index contributed by atoms with van der Waals surface area (Å²) in [5.74, 6) is 0.970. The lowest BCUT2D eigenvalue weighted by Crippen LogP contribution is -2.31. The van der Waals surface area contributed by atoms with Gasteiger partial charge >= 0.3 is 0 Å². The lowest BCUT2D eigenvalue weighted by molar-refractivity contribution is -0.123. The zero-order valence-corrected chi connectivity index (χ0v) is 13.1. The van der Waals surface area contributed by atoms with Crippen LogP contribution in [0.2, 0.25) is 0 Å². The minimum Gasteiger partial charge on any atom is -0.496 e. The summed E-state index contributed by atoms with van der Waals surface area (Å²) in [6, 6.07) is 16.0. The molecule has 0 aromatic heterocycles. The number of hydrogen-bond acceptors (Lipinski definition) is 4. The van der Waals surface area contributed by atoms with Crippen LogP contribution in [0.3, 0.4) is 0 Å². The molecule has 1 unspecified atom stereocenters. The Morgan fingerprint density at radius 1 is 1.26 bits per heavy atom. The molecule has 2 aromatic carbocycles. The van der Waals surface area contributed by atoms with Gasteiger partial charge in [0.2, 0.25) is 0 Å². The van der Waals surface area contributed by atoms with E-state index in [2.05, 4.69) is 5.32 Å². The van der Waals surface area contributed by atoms with Gasteiger partial charge in [0, 0.05) is 5.56 Å². The summed E-state index contributed by atoms with van der Waals surface area (Å²) in [5.41, 5.74) is 1.39. The number of methoxy groups -OCH3 is 1. The lowest BCUT2D eigenvalue weighted by atomic mass is 10.1. The number of rotatable bonds is 6. The molecule has 0 spiro atoms. The van der Waals surface area contributed by atoms with Gasteiger partial charge in [-0.1, -0.05) is 24.3 Å². The molecule has 5 heteroatoms. The van der Waals surface area contributed by atoms with Crippen molar-refractivity contribution in [3.8, 4) is 17.6 Å². The molecule has 0 saturated heterocycles. The van der Waals surface area contributed by atoms with Crippen molar-refractivity contribution < 1.29 is 14.3 Å². The van der Waals surface area contributed by atoms with E-state index in [1.54, 1.807) is 31.4 Å². The minimum absolute atomic E-state index is 0.117.